The fourth-order valence-corrected chi connectivity index (χ4v) is 1.71. The Bertz CT molecular complexity index is 596. The molecule has 1 aromatic heterocycles. The molecule has 0 aliphatic rings. The minimum atomic E-state index is -0.187. The standard InChI is InChI=1S/C14H13ClN2O/c1-9-4-3-5-12(6-9)17-14(18)11-7-10(2)13(15)16-8-11/h3-8H,1-2H3,(H,17,18). The molecule has 0 aliphatic carbocycles. The quantitative estimate of drug-likeness (QED) is 0.839. The highest BCUT2D eigenvalue weighted by Gasteiger charge is 2.08. The Morgan fingerprint density at radius 3 is 2.72 bits per heavy atom. The second-order valence-corrected chi connectivity index (χ2v) is 4.51. The second-order valence-electron chi connectivity index (χ2n) is 4.16. The van der Waals surface area contributed by atoms with Crippen molar-refractivity contribution in [2.45, 2.75) is 13.8 Å². The predicted octanol–water partition coefficient (Wildman–Crippen LogP) is 3.60. The van der Waals surface area contributed by atoms with Gasteiger partial charge in [-0.25, -0.2) is 4.98 Å². The Labute approximate surface area is 111 Å². The molecular weight excluding hydrogens is 248 g/mol. The van der Waals surface area contributed by atoms with Gasteiger partial charge in [-0.05, 0) is 43.2 Å². The van der Waals surface area contributed by atoms with E-state index in [1.54, 1.807) is 6.07 Å². The van der Waals surface area contributed by atoms with Gasteiger partial charge in [-0.2, -0.15) is 0 Å². The van der Waals surface area contributed by atoms with Gasteiger partial charge in [-0.3, -0.25) is 4.79 Å². The lowest BCUT2D eigenvalue weighted by Crippen LogP contribution is -2.12. The summed E-state index contributed by atoms with van der Waals surface area (Å²) in [4.78, 5) is 16.0. The van der Waals surface area contributed by atoms with E-state index in [2.05, 4.69) is 10.3 Å². The second kappa shape index (κ2) is 5.19. The molecular formula is C14H13ClN2O. The monoisotopic (exact) mass is 260 g/mol. The van der Waals surface area contributed by atoms with Gasteiger partial charge in [0.2, 0.25) is 0 Å². The molecule has 1 N–H and O–H groups in total. The Morgan fingerprint density at radius 1 is 1.28 bits per heavy atom. The van der Waals surface area contributed by atoms with Crippen molar-refractivity contribution in [3.8, 4) is 0 Å². The lowest BCUT2D eigenvalue weighted by molar-refractivity contribution is 0.102. The zero-order valence-corrected chi connectivity index (χ0v) is 11.0. The van der Waals surface area contributed by atoms with Crippen LogP contribution in [0.25, 0.3) is 0 Å². The first kappa shape index (κ1) is 12.6. The van der Waals surface area contributed by atoms with E-state index >= 15 is 0 Å². The van der Waals surface area contributed by atoms with E-state index in [0.717, 1.165) is 16.8 Å². The number of halogens is 1. The van der Waals surface area contributed by atoms with Crippen LogP contribution in [0.15, 0.2) is 36.5 Å². The van der Waals surface area contributed by atoms with Gasteiger partial charge in [0.1, 0.15) is 5.15 Å². The highest BCUT2D eigenvalue weighted by Crippen LogP contribution is 2.15. The molecule has 0 saturated carbocycles. The van der Waals surface area contributed by atoms with E-state index in [1.807, 2.05) is 38.1 Å². The number of aromatic nitrogens is 1. The Hall–Kier alpha value is -1.87. The van der Waals surface area contributed by atoms with Crippen LogP contribution in [0, 0.1) is 13.8 Å². The summed E-state index contributed by atoms with van der Waals surface area (Å²) >= 11 is 5.82. The number of benzene rings is 1. The molecule has 92 valence electrons. The van der Waals surface area contributed by atoms with Crippen LogP contribution >= 0.6 is 11.6 Å². The molecule has 0 spiro atoms. The van der Waals surface area contributed by atoms with Crippen molar-refractivity contribution < 1.29 is 4.79 Å². The van der Waals surface area contributed by atoms with Crippen molar-refractivity contribution in [1.29, 1.82) is 0 Å². The van der Waals surface area contributed by atoms with Crippen LogP contribution in [-0.4, -0.2) is 10.9 Å². The molecule has 2 rings (SSSR count). The maximum absolute atomic E-state index is 12.0. The van der Waals surface area contributed by atoms with Crippen molar-refractivity contribution in [3.05, 3.63) is 58.4 Å². The number of rotatable bonds is 2. The lowest BCUT2D eigenvalue weighted by atomic mass is 10.2. The third-order valence-electron chi connectivity index (χ3n) is 2.55. The van der Waals surface area contributed by atoms with Gasteiger partial charge in [0.05, 0.1) is 5.56 Å². The van der Waals surface area contributed by atoms with Crippen molar-refractivity contribution in [1.82, 2.24) is 4.98 Å². The fourth-order valence-electron chi connectivity index (χ4n) is 1.61. The van der Waals surface area contributed by atoms with E-state index in [0.29, 0.717) is 10.7 Å². The summed E-state index contributed by atoms with van der Waals surface area (Å²) in [6.45, 7) is 3.79. The Balaban J connectivity index is 2.19. The lowest BCUT2D eigenvalue weighted by Gasteiger charge is -2.06. The first-order valence-electron chi connectivity index (χ1n) is 5.56. The summed E-state index contributed by atoms with van der Waals surface area (Å²) in [5.41, 5.74) is 3.15. The molecule has 18 heavy (non-hydrogen) atoms. The normalized spacial score (nSPS) is 10.2. The van der Waals surface area contributed by atoms with Crippen LogP contribution in [-0.2, 0) is 0 Å². The highest BCUT2D eigenvalue weighted by molar-refractivity contribution is 6.30. The van der Waals surface area contributed by atoms with E-state index in [4.69, 9.17) is 11.6 Å². The largest absolute Gasteiger partial charge is 0.322 e. The number of carbonyl (C=O) groups excluding carboxylic acids is 1. The highest BCUT2D eigenvalue weighted by atomic mass is 35.5. The van der Waals surface area contributed by atoms with Gasteiger partial charge < -0.3 is 5.32 Å². The summed E-state index contributed by atoms with van der Waals surface area (Å²) in [5, 5.41) is 3.24. The molecule has 0 unspecified atom stereocenters. The summed E-state index contributed by atoms with van der Waals surface area (Å²) in [7, 11) is 0. The van der Waals surface area contributed by atoms with E-state index in [-0.39, 0.29) is 5.91 Å². The molecule has 0 radical (unpaired) electrons. The van der Waals surface area contributed by atoms with Crippen LogP contribution in [0.4, 0.5) is 5.69 Å². The van der Waals surface area contributed by atoms with E-state index < -0.39 is 0 Å². The average Bonchev–Trinajstić information content (AvgIpc) is 2.32. The van der Waals surface area contributed by atoms with Crippen molar-refractivity contribution in [3.63, 3.8) is 0 Å². The number of nitrogens with zero attached hydrogens (tertiary/aromatic N) is 1. The SMILES string of the molecule is Cc1cccc(NC(=O)c2cnc(Cl)c(C)c2)c1. The maximum Gasteiger partial charge on any atom is 0.257 e. The molecule has 3 nitrogen and oxygen atoms in total. The van der Waals surface area contributed by atoms with Gasteiger partial charge in [0.25, 0.3) is 5.91 Å². The topological polar surface area (TPSA) is 42.0 Å². The third kappa shape index (κ3) is 2.87. The van der Waals surface area contributed by atoms with Gasteiger partial charge in [0.15, 0.2) is 0 Å². The van der Waals surface area contributed by atoms with Crippen LogP contribution in [0.3, 0.4) is 0 Å². The third-order valence-corrected chi connectivity index (χ3v) is 2.95. The number of anilines is 1. The zero-order valence-electron chi connectivity index (χ0n) is 10.2. The van der Waals surface area contributed by atoms with Crippen LogP contribution < -0.4 is 5.32 Å². The van der Waals surface area contributed by atoms with Crippen LogP contribution in [0.5, 0.6) is 0 Å². The molecule has 4 heteroatoms. The molecule has 0 aliphatic heterocycles. The molecule has 2 aromatic rings. The van der Waals surface area contributed by atoms with Gasteiger partial charge in [-0.15, -0.1) is 0 Å². The van der Waals surface area contributed by atoms with Gasteiger partial charge in [0, 0.05) is 11.9 Å². The zero-order chi connectivity index (χ0) is 13.1. The number of aryl methyl sites for hydroxylation is 2. The number of hydrogen-bond acceptors (Lipinski definition) is 2. The number of amides is 1. The first-order chi connectivity index (χ1) is 8.56. The molecule has 1 aromatic carbocycles. The predicted molar refractivity (Wildman–Crippen MR) is 73.1 cm³/mol. The molecule has 1 heterocycles. The van der Waals surface area contributed by atoms with Crippen LogP contribution in [0.1, 0.15) is 21.5 Å². The number of carbonyl (C=O) groups is 1. The average molecular weight is 261 g/mol. The number of nitrogens with one attached hydrogen (secondary N) is 1. The number of pyridine rings is 1. The Morgan fingerprint density at radius 2 is 2.06 bits per heavy atom. The number of hydrogen-bond donors (Lipinski definition) is 1. The molecule has 0 bridgehead atoms. The Kier molecular flexibility index (Phi) is 3.63. The first-order valence-corrected chi connectivity index (χ1v) is 5.94. The summed E-state index contributed by atoms with van der Waals surface area (Å²) in [6.07, 6.45) is 1.47. The molecule has 1 amide bonds. The maximum atomic E-state index is 12.0. The minimum absolute atomic E-state index is 0.187. The van der Waals surface area contributed by atoms with Gasteiger partial charge in [-0.1, -0.05) is 23.7 Å². The van der Waals surface area contributed by atoms with Gasteiger partial charge >= 0.3 is 0 Å². The van der Waals surface area contributed by atoms with Crippen molar-refractivity contribution in [2.24, 2.45) is 0 Å². The van der Waals surface area contributed by atoms with Crippen LogP contribution in [0.2, 0.25) is 5.15 Å². The summed E-state index contributed by atoms with van der Waals surface area (Å²) < 4.78 is 0. The summed E-state index contributed by atoms with van der Waals surface area (Å²) in [6, 6.07) is 9.36. The van der Waals surface area contributed by atoms with Crippen molar-refractivity contribution >= 4 is 23.2 Å². The van der Waals surface area contributed by atoms with Crippen molar-refractivity contribution in [2.75, 3.05) is 5.32 Å². The smallest absolute Gasteiger partial charge is 0.257 e. The molecule has 0 saturated heterocycles. The fraction of sp³-hybridized carbons (Fsp3) is 0.143. The molecule has 0 atom stereocenters. The minimum Gasteiger partial charge on any atom is -0.322 e. The molecule has 0 fully saturated rings. The van der Waals surface area contributed by atoms with E-state index in [9.17, 15) is 4.79 Å². The summed E-state index contributed by atoms with van der Waals surface area (Å²) in [5.74, 6) is -0.187. The van der Waals surface area contributed by atoms with E-state index in [1.165, 1.54) is 6.20 Å².